The van der Waals surface area contributed by atoms with Crippen molar-refractivity contribution in [2.24, 2.45) is 0 Å². The molecule has 0 saturated carbocycles. The van der Waals surface area contributed by atoms with Crippen LogP contribution < -0.4 is 10.6 Å². The van der Waals surface area contributed by atoms with Gasteiger partial charge in [-0.05, 0) is 50.6 Å². The SMILES string of the molecule is Cc1cccc(CNC(=O)c2cccc(Nc3nc(C)cc(C)n3)c2)c1. The summed E-state index contributed by atoms with van der Waals surface area (Å²) < 4.78 is 0. The van der Waals surface area contributed by atoms with E-state index in [2.05, 4.69) is 26.7 Å². The average Bonchev–Trinajstić information content (AvgIpc) is 2.59. The zero-order valence-corrected chi connectivity index (χ0v) is 15.2. The Morgan fingerprint density at radius 3 is 2.38 bits per heavy atom. The average molecular weight is 346 g/mol. The number of hydrogen-bond donors (Lipinski definition) is 2. The van der Waals surface area contributed by atoms with Crippen molar-refractivity contribution in [3.8, 4) is 0 Å². The van der Waals surface area contributed by atoms with E-state index in [1.807, 2.05) is 57.2 Å². The lowest BCUT2D eigenvalue weighted by Gasteiger charge is -2.09. The van der Waals surface area contributed by atoms with Crippen LogP contribution in [0.25, 0.3) is 0 Å². The lowest BCUT2D eigenvalue weighted by atomic mass is 10.1. The molecule has 0 spiro atoms. The van der Waals surface area contributed by atoms with E-state index in [1.54, 1.807) is 12.1 Å². The van der Waals surface area contributed by atoms with Crippen LogP contribution in [0.4, 0.5) is 11.6 Å². The third-order valence-corrected chi connectivity index (χ3v) is 3.90. The van der Waals surface area contributed by atoms with Gasteiger partial charge in [0.05, 0.1) is 0 Å². The van der Waals surface area contributed by atoms with Gasteiger partial charge in [-0.15, -0.1) is 0 Å². The fourth-order valence-electron chi connectivity index (χ4n) is 2.76. The van der Waals surface area contributed by atoms with Crippen molar-refractivity contribution in [2.45, 2.75) is 27.3 Å². The number of nitrogens with zero attached hydrogens (tertiary/aromatic N) is 2. The fourth-order valence-corrected chi connectivity index (χ4v) is 2.76. The van der Waals surface area contributed by atoms with E-state index in [-0.39, 0.29) is 5.91 Å². The topological polar surface area (TPSA) is 66.9 Å². The Hall–Kier alpha value is -3.21. The summed E-state index contributed by atoms with van der Waals surface area (Å²) in [7, 11) is 0. The second-order valence-electron chi connectivity index (χ2n) is 6.35. The van der Waals surface area contributed by atoms with E-state index in [0.29, 0.717) is 18.1 Å². The summed E-state index contributed by atoms with van der Waals surface area (Å²) in [6.07, 6.45) is 0. The largest absolute Gasteiger partial charge is 0.348 e. The first kappa shape index (κ1) is 17.6. The van der Waals surface area contributed by atoms with Crippen LogP contribution in [0.5, 0.6) is 0 Å². The van der Waals surface area contributed by atoms with Crippen molar-refractivity contribution in [3.63, 3.8) is 0 Å². The van der Waals surface area contributed by atoms with Crippen molar-refractivity contribution >= 4 is 17.5 Å². The van der Waals surface area contributed by atoms with E-state index in [4.69, 9.17) is 0 Å². The van der Waals surface area contributed by atoms with E-state index < -0.39 is 0 Å². The van der Waals surface area contributed by atoms with Crippen molar-refractivity contribution < 1.29 is 4.79 Å². The summed E-state index contributed by atoms with van der Waals surface area (Å²) in [4.78, 5) is 21.2. The van der Waals surface area contributed by atoms with Crippen LogP contribution in [-0.2, 0) is 6.54 Å². The van der Waals surface area contributed by atoms with Gasteiger partial charge >= 0.3 is 0 Å². The minimum atomic E-state index is -0.114. The maximum absolute atomic E-state index is 12.4. The molecule has 3 aromatic rings. The van der Waals surface area contributed by atoms with Crippen LogP contribution in [0.15, 0.2) is 54.6 Å². The number of anilines is 2. The monoisotopic (exact) mass is 346 g/mol. The third kappa shape index (κ3) is 4.66. The first-order chi connectivity index (χ1) is 12.5. The van der Waals surface area contributed by atoms with Crippen LogP contribution in [0.1, 0.15) is 32.9 Å². The molecule has 0 saturated heterocycles. The maximum atomic E-state index is 12.4. The molecule has 2 aromatic carbocycles. The van der Waals surface area contributed by atoms with Crippen LogP contribution >= 0.6 is 0 Å². The Labute approximate surface area is 153 Å². The van der Waals surface area contributed by atoms with E-state index in [0.717, 1.165) is 22.6 Å². The second-order valence-corrected chi connectivity index (χ2v) is 6.35. The molecule has 0 fully saturated rings. The number of nitrogens with one attached hydrogen (secondary N) is 2. The predicted octanol–water partition coefficient (Wildman–Crippen LogP) is 4.08. The summed E-state index contributed by atoms with van der Waals surface area (Å²) in [6, 6.07) is 17.3. The molecule has 26 heavy (non-hydrogen) atoms. The molecule has 132 valence electrons. The van der Waals surface area contributed by atoms with E-state index >= 15 is 0 Å². The molecule has 1 aromatic heterocycles. The molecule has 0 aliphatic rings. The number of amides is 1. The molecule has 0 unspecified atom stereocenters. The molecular formula is C21H22N4O. The molecule has 1 amide bonds. The van der Waals surface area contributed by atoms with E-state index in [9.17, 15) is 4.79 Å². The van der Waals surface area contributed by atoms with Crippen molar-refractivity contribution in [3.05, 3.63) is 82.7 Å². The molecule has 5 heteroatoms. The van der Waals surface area contributed by atoms with Gasteiger partial charge < -0.3 is 10.6 Å². The number of aryl methyl sites for hydroxylation is 3. The van der Waals surface area contributed by atoms with Gasteiger partial charge in [-0.3, -0.25) is 4.79 Å². The number of carbonyl (C=O) groups excluding carboxylic acids is 1. The number of rotatable bonds is 5. The minimum absolute atomic E-state index is 0.114. The molecule has 5 nitrogen and oxygen atoms in total. The highest BCUT2D eigenvalue weighted by molar-refractivity contribution is 5.95. The summed E-state index contributed by atoms with van der Waals surface area (Å²) in [5.41, 5.74) is 5.41. The Bertz CT molecular complexity index is 917. The fraction of sp³-hybridized carbons (Fsp3) is 0.190. The van der Waals surface area contributed by atoms with Gasteiger partial charge in [0.1, 0.15) is 0 Å². The Morgan fingerprint density at radius 1 is 0.923 bits per heavy atom. The lowest BCUT2D eigenvalue weighted by Crippen LogP contribution is -2.22. The van der Waals surface area contributed by atoms with Crippen LogP contribution in [0.3, 0.4) is 0 Å². The molecule has 0 radical (unpaired) electrons. The second kappa shape index (κ2) is 7.78. The first-order valence-electron chi connectivity index (χ1n) is 8.53. The summed E-state index contributed by atoms with van der Waals surface area (Å²) in [5.74, 6) is 0.413. The van der Waals surface area contributed by atoms with Gasteiger partial charge in [0, 0.05) is 29.2 Å². The van der Waals surface area contributed by atoms with Gasteiger partial charge in [-0.25, -0.2) is 9.97 Å². The highest BCUT2D eigenvalue weighted by Crippen LogP contribution is 2.16. The van der Waals surface area contributed by atoms with Gasteiger partial charge in [0.2, 0.25) is 5.95 Å². The molecule has 0 aliphatic heterocycles. The highest BCUT2D eigenvalue weighted by atomic mass is 16.1. The predicted molar refractivity (Wildman–Crippen MR) is 104 cm³/mol. The highest BCUT2D eigenvalue weighted by Gasteiger charge is 2.07. The van der Waals surface area contributed by atoms with Crippen molar-refractivity contribution in [2.75, 3.05) is 5.32 Å². The maximum Gasteiger partial charge on any atom is 0.251 e. The first-order valence-corrected chi connectivity index (χ1v) is 8.53. The molecule has 0 aliphatic carbocycles. The van der Waals surface area contributed by atoms with Crippen LogP contribution in [-0.4, -0.2) is 15.9 Å². The smallest absolute Gasteiger partial charge is 0.251 e. The van der Waals surface area contributed by atoms with Crippen molar-refractivity contribution in [1.29, 1.82) is 0 Å². The Morgan fingerprint density at radius 2 is 1.65 bits per heavy atom. The normalized spacial score (nSPS) is 10.4. The minimum Gasteiger partial charge on any atom is -0.348 e. The van der Waals surface area contributed by atoms with Gasteiger partial charge in [-0.1, -0.05) is 35.9 Å². The molecular weight excluding hydrogens is 324 g/mol. The molecule has 3 rings (SSSR count). The van der Waals surface area contributed by atoms with Gasteiger partial charge in [-0.2, -0.15) is 0 Å². The number of aromatic nitrogens is 2. The number of carbonyl (C=O) groups is 1. The number of benzene rings is 2. The van der Waals surface area contributed by atoms with Crippen molar-refractivity contribution in [1.82, 2.24) is 15.3 Å². The van der Waals surface area contributed by atoms with Gasteiger partial charge in [0.15, 0.2) is 0 Å². The summed E-state index contributed by atoms with van der Waals surface area (Å²) in [5, 5.41) is 6.11. The molecule has 0 atom stereocenters. The standard InChI is InChI=1S/C21H22N4O/c1-14-6-4-7-17(10-14)13-22-20(26)18-8-5-9-19(12-18)25-21-23-15(2)11-16(3)24-21/h4-12H,13H2,1-3H3,(H,22,26)(H,23,24,25). The van der Waals surface area contributed by atoms with Crippen LogP contribution in [0.2, 0.25) is 0 Å². The molecule has 0 bridgehead atoms. The van der Waals surface area contributed by atoms with E-state index in [1.165, 1.54) is 5.56 Å². The quantitative estimate of drug-likeness (QED) is 0.731. The summed E-state index contributed by atoms with van der Waals surface area (Å²) >= 11 is 0. The van der Waals surface area contributed by atoms with Crippen LogP contribution in [0, 0.1) is 20.8 Å². The third-order valence-electron chi connectivity index (χ3n) is 3.90. The lowest BCUT2D eigenvalue weighted by molar-refractivity contribution is 0.0951. The Balaban J connectivity index is 1.69. The molecule has 2 N–H and O–H groups in total. The molecule has 1 heterocycles. The Kier molecular flexibility index (Phi) is 5.27. The zero-order valence-electron chi connectivity index (χ0n) is 15.2. The summed E-state index contributed by atoms with van der Waals surface area (Å²) in [6.45, 7) is 6.39. The van der Waals surface area contributed by atoms with Gasteiger partial charge in [0.25, 0.3) is 5.91 Å². The zero-order chi connectivity index (χ0) is 18.5. The number of hydrogen-bond acceptors (Lipinski definition) is 4.